The summed E-state index contributed by atoms with van der Waals surface area (Å²) in [6.07, 6.45) is 12.2. The van der Waals surface area contributed by atoms with Crippen LogP contribution in [-0.2, 0) is 0 Å². The molecule has 2 N–H and O–H groups in total. The van der Waals surface area contributed by atoms with Crippen LogP contribution in [0.3, 0.4) is 0 Å². The fourth-order valence-corrected chi connectivity index (χ4v) is 2.95. The Balaban J connectivity index is 1.86. The van der Waals surface area contributed by atoms with Crippen LogP contribution in [0.5, 0.6) is 0 Å². The Labute approximate surface area is 81.4 Å². The van der Waals surface area contributed by atoms with Gasteiger partial charge < -0.3 is 5.73 Å². The Morgan fingerprint density at radius 3 is 2.77 bits per heavy atom. The molecule has 1 fully saturated rings. The molecule has 1 saturated carbocycles. The van der Waals surface area contributed by atoms with Gasteiger partial charge in [-0.1, -0.05) is 18.1 Å². The maximum atomic E-state index is 5.78. The first-order valence-electron chi connectivity index (χ1n) is 5.78. The predicted octanol–water partition coefficient (Wildman–Crippen LogP) is 2.86. The molecule has 0 saturated heterocycles. The Bertz CT molecular complexity index is 195. The molecule has 0 aromatic carbocycles. The smallest absolute Gasteiger partial charge is 0.00461 e. The third-order valence-corrected chi connectivity index (χ3v) is 3.78. The van der Waals surface area contributed by atoms with Crippen LogP contribution in [0.4, 0.5) is 0 Å². The second kappa shape index (κ2) is 4.28. The van der Waals surface area contributed by atoms with Gasteiger partial charge in [0.2, 0.25) is 0 Å². The largest absolute Gasteiger partial charge is 0.330 e. The minimum absolute atomic E-state index is 0.835. The van der Waals surface area contributed by atoms with E-state index in [2.05, 4.69) is 6.08 Å². The monoisotopic (exact) mass is 179 g/mol. The average Bonchev–Trinajstić information content (AvgIpc) is 2.76. The van der Waals surface area contributed by atoms with Crippen molar-refractivity contribution in [2.45, 2.75) is 44.9 Å². The molecule has 1 heteroatoms. The van der Waals surface area contributed by atoms with Crippen molar-refractivity contribution < 1.29 is 0 Å². The van der Waals surface area contributed by atoms with Crippen molar-refractivity contribution in [2.75, 3.05) is 6.54 Å². The van der Waals surface area contributed by atoms with Crippen LogP contribution < -0.4 is 5.73 Å². The normalized spacial score (nSPS) is 33.8. The van der Waals surface area contributed by atoms with Gasteiger partial charge in [0.1, 0.15) is 0 Å². The fraction of sp³-hybridized carbons (Fsp3) is 0.833. The lowest BCUT2D eigenvalue weighted by molar-refractivity contribution is 0.391. The van der Waals surface area contributed by atoms with Gasteiger partial charge in [-0.3, -0.25) is 0 Å². The molecule has 74 valence electrons. The second-order valence-corrected chi connectivity index (χ2v) is 4.65. The first-order valence-corrected chi connectivity index (χ1v) is 5.78. The van der Waals surface area contributed by atoms with E-state index in [4.69, 9.17) is 5.73 Å². The summed E-state index contributed by atoms with van der Waals surface area (Å²) in [5.74, 6) is 1.76. The van der Waals surface area contributed by atoms with E-state index in [-0.39, 0.29) is 0 Å². The second-order valence-electron chi connectivity index (χ2n) is 4.65. The molecule has 0 amide bonds. The molecule has 13 heavy (non-hydrogen) atoms. The zero-order valence-corrected chi connectivity index (χ0v) is 8.47. The van der Waals surface area contributed by atoms with Crippen LogP contribution in [0, 0.1) is 11.8 Å². The third kappa shape index (κ3) is 2.14. The zero-order valence-electron chi connectivity index (χ0n) is 8.47. The fourth-order valence-electron chi connectivity index (χ4n) is 2.95. The number of hydrogen-bond donors (Lipinski definition) is 1. The summed E-state index contributed by atoms with van der Waals surface area (Å²) in [7, 11) is 0. The highest BCUT2D eigenvalue weighted by atomic mass is 14.6. The van der Waals surface area contributed by atoms with Crippen molar-refractivity contribution in [1.29, 1.82) is 0 Å². The molecular weight excluding hydrogens is 158 g/mol. The third-order valence-electron chi connectivity index (χ3n) is 3.78. The highest BCUT2D eigenvalue weighted by molar-refractivity contribution is 5.09. The Morgan fingerprint density at radius 2 is 2.08 bits per heavy atom. The lowest BCUT2D eigenvalue weighted by Crippen LogP contribution is -2.18. The minimum atomic E-state index is 0.835. The molecule has 2 aliphatic carbocycles. The van der Waals surface area contributed by atoms with Crippen LogP contribution in [0.15, 0.2) is 11.6 Å². The molecule has 2 aliphatic rings. The molecule has 0 radical (unpaired) electrons. The van der Waals surface area contributed by atoms with Gasteiger partial charge in [-0.05, 0) is 56.9 Å². The maximum absolute atomic E-state index is 5.78. The van der Waals surface area contributed by atoms with E-state index < -0.39 is 0 Å². The summed E-state index contributed by atoms with van der Waals surface area (Å²) in [5, 5.41) is 0. The van der Waals surface area contributed by atoms with E-state index in [9.17, 15) is 0 Å². The van der Waals surface area contributed by atoms with Crippen molar-refractivity contribution in [1.82, 2.24) is 0 Å². The van der Waals surface area contributed by atoms with Gasteiger partial charge in [-0.15, -0.1) is 0 Å². The van der Waals surface area contributed by atoms with Gasteiger partial charge in [0.25, 0.3) is 0 Å². The average molecular weight is 179 g/mol. The minimum Gasteiger partial charge on any atom is -0.330 e. The number of nitrogens with two attached hydrogens (primary N) is 1. The summed E-state index contributed by atoms with van der Waals surface area (Å²) in [6.45, 7) is 0.915. The van der Waals surface area contributed by atoms with Crippen molar-refractivity contribution in [2.24, 2.45) is 17.6 Å². The summed E-state index contributed by atoms with van der Waals surface area (Å²) < 4.78 is 0. The van der Waals surface area contributed by atoms with Crippen LogP contribution >= 0.6 is 0 Å². The molecule has 0 aromatic rings. The van der Waals surface area contributed by atoms with E-state index in [1.165, 1.54) is 44.9 Å². The first-order chi connectivity index (χ1) is 6.40. The Morgan fingerprint density at radius 1 is 1.23 bits per heavy atom. The predicted molar refractivity (Wildman–Crippen MR) is 56.4 cm³/mol. The van der Waals surface area contributed by atoms with Crippen LogP contribution in [0.2, 0.25) is 0 Å². The highest BCUT2D eigenvalue weighted by Gasteiger charge is 2.26. The lowest BCUT2D eigenvalue weighted by atomic mass is 9.89. The Kier molecular flexibility index (Phi) is 3.05. The number of allylic oxidation sites excluding steroid dienone is 2. The summed E-state index contributed by atoms with van der Waals surface area (Å²) in [6, 6.07) is 0. The Hall–Kier alpha value is -0.300. The topological polar surface area (TPSA) is 26.0 Å². The number of rotatable bonds is 3. The molecule has 2 unspecified atom stereocenters. The van der Waals surface area contributed by atoms with Crippen molar-refractivity contribution in [3.63, 3.8) is 0 Å². The van der Waals surface area contributed by atoms with Gasteiger partial charge in [0, 0.05) is 0 Å². The van der Waals surface area contributed by atoms with Gasteiger partial charge >= 0.3 is 0 Å². The maximum Gasteiger partial charge on any atom is -0.00461 e. The van der Waals surface area contributed by atoms with Crippen LogP contribution in [-0.4, -0.2) is 6.54 Å². The summed E-state index contributed by atoms with van der Waals surface area (Å²) >= 11 is 0. The molecular formula is C12H21N. The van der Waals surface area contributed by atoms with Crippen molar-refractivity contribution in [3.05, 3.63) is 11.6 Å². The van der Waals surface area contributed by atoms with E-state index in [1.54, 1.807) is 5.57 Å². The van der Waals surface area contributed by atoms with Crippen LogP contribution in [0.25, 0.3) is 0 Å². The molecule has 1 nitrogen and oxygen atoms in total. The van der Waals surface area contributed by atoms with Gasteiger partial charge in [-0.25, -0.2) is 0 Å². The van der Waals surface area contributed by atoms with Crippen molar-refractivity contribution in [3.8, 4) is 0 Å². The summed E-state index contributed by atoms with van der Waals surface area (Å²) in [4.78, 5) is 0. The van der Waals surface area contributed by atoms with E-state index in [0.717, 1.165) is 18.4 Å². The lowest BCUT2D eigenvalue weighted by Gasteiger charge is -2.18. The van der Waals surface area contributed by atoms with E-state index >= 15 is 0 Å². The molecule has 0 aromatic heterocycles. The first kappa shape index (κ1) is 9.26. The quantitative estimate of drug-likeness (QED) is 0.662. The molecule has 0 heterocycles. The van der Waals surface area contributed by atoms with Gasteiger partial charge in [0.05, 0.1) is 0 Å². The molecule has 0 spiro atoms. The van der Waals surface area contributed by atoms with E-state index in [1.807, 2.05) is 0 Å². The molecule has 2 atom stereocenters. The van der Waals surface area contributed by atoms with E-state index in [0.29, 0.717) is 0 Å². The molecule has 2 rings (SSSR count). The number of hydrogen-bond acceptors (Lipinski definition) is 1. The molecule has 0 bridgehead atoms. The van der Waals surface area contributed by atoms with Crippen molar-refractivity contribution >= 4 is 0 Å². The molecule has 0 aliphatic heterocycles. The van der Waals surface area contributed by atoms with Gasteiger partial charge in [0.15, 0.2) is 0 Å². The van der Waals surface area contributed by atoms with Crippen LogP contribution in [0.1, 0.15) is 44.9 Å². The SMILES string of the molecule is NCC1CCCC1CC1=CCCC1. The highest BCUT2D eigenvalue weighted by Crippen LogP contribution is 2.37. The summed E-state index contributed by atoms with van der Waals surface area (Å²) in [5.41, 5.74) is 7.51. The van der Waals surface area contributed by atoms with Gasteiger partial charge in [-0.2, -0.15) is 0 Å². The standard InChI is InChI=1S/C12H21N/c13-9-12-7-3-6-11(12)8-10-4-1-2-5-10/h4,11-12H,1-3,5-9,13H2. The zero-order chi connectivity index (χ0) is 9.10.